The smallest absolute Gasteiger partial charge is 0.0727 e. The van der Waals surface area contributed by atoms with Crippen molar-refractivity contribution in [3.63, 3.8) is 0 Å². The van der Waals surface area contributed by atoms with E-state index < -0.39 is 5.41 Å². The van der Waals surface area contributed by atoms with Crippen LogP contribution in [0.15, 0.2) is 188 Å². The Bertz CT molecular complexity index is 2620. The molecule has 0 amide bonds. The molecule has 0 saturated heterocycles. The highest BCUT2D eigenvalue weighted by molar-refractivity contribution is 7.26. The van der Waals surface area contributed by atoms with Crippen LogP contribution < -0.4 is 4.90 Å². The standard InChI is InChI=1S/C47H31NS/c1-3-18-33(19-4-1)47(40-27-11-9-23-36(40)37-24-10-12-28-41(37)47)42-29-14-25-38-39-26-15-31-44(46(39)49-45(38)42)48(34-20-5-2-6-21-34)43-30-13-17-32-16-7-8-22-35(32)43/h1-31H. The van der Waals surface area contributed by atoms with Gasteiger partial charge in [0.15, 0.2) is 0 Å². The van der Waals surface area contributed by atoms with Crippen LogP contribution in [0.25, 0.3) is 42.1 Å². The SMILES string of the molecule is c1ccc(N(c2cccc3ccccc23)c2cccc3c2sc2c(C4(c5ccccc5)c5ccccc5-c5ccccc54)cccc23)cc1. The van der Waals surface area contributed by atoms with E-state index in [1.807, 2.05) is 11.3 Å². The van der Waals surface area contributed by atoms with Gasteiger partial charge in [0.25, 0.3) is 0 Å². The van der Waals surface area contributed by atoms with Crippen LogP contribution in [0, 0.1) is 0 Å². The summed E-state index contributed by atoms with van der Waals surface area (Å²) >= 11 is 1.93. The molecule has 0 saturated carbocycles. The molecular formula is C47H31NS. The van der Waals surface area contributed by atoms with Crippen LogP contribution in [0.3, 0.4) is 0 Å². The van der Waals surface area contributed by atoms with E-state index in [1.54, 1.807) is 0 Å². The van der Waals surface area contributed by atoms with Crippen molar-refractivity contribution in [2.45, 2.75) is 5.41 Å². The van der Waals surface area contributed by atoms with Gasteiger partial charge < -0.3 is 4.90 Å². The fourth-order valence-electron chi connectivity index (χ4n) is 8.34. The molecule has 49 heavy (non-hydrogen) atoms. The summed E-state index contributed by atoms with van der Waals surface area (Å²) in [5, 5.41) is 5.04. The lowest BCUT2D eigenvalue weighted by Crippen LogP contribution is -2.28. The molecule has 0 N–H and O–H groups in total. The summed E-state index contributed by atoms with van der Waals surface area (Å²) in [5.74, 6) is 0. The molecular weight excluding hydrogens is 611 g/mol. The predicted octanol–water partition coefficient (Wildman–Crippen LogP) is 13.0. The molecule has 9 aromatic rings. The quantitative estimate of drug-likeness (QED) is 0.181. The summed E-state index contributed by atoms with van der Waals surface area (Å²) in [6.07, 6.45) is 0. The summed E-state index contributed by atoms with van der Waals surface area (Å²) in [6.45, 7) is 0. The Hall–Kier alpha value is -5.96. The normalized spacial score (nSPS) is 13.1. The largest absolute Gasteiger partial charge is 0.308 e. The molecule has 0 spiro atoms. The van der Waals surface area contributed by atoms with Gasteiger partial charge in [0.2, 0.25) is 0 Å². The van der Waals surface area contributed by atoms with Gasteiger partial charge in [-0.15, -0.1) is 11.3 Å². The van der Waals surface area contributed by atoms with E-state index >= 15 is 0 Å². The number of para-hydroxylation sites is 1. The zero-order valence-electron chi connectivity index (χ0n) is 26.8. The van der Waals surface area contributed by atoms with Gasteiger partial charge in [-0.1, -0.05) is 164 Å². The number of rotatable bonds is 5. The van der Waals surface area contributed by atoms with Crippen LogP contribution in [0.5, 0.6) is 0 Å². The van der Waals surface area contributed by atoms with Crippen LogP contribution >= 0.6 is 11.3 Å². The van der Waals surface area contributed by atoms with Gasteiger partial charge in [0.05, 0.1) is 21.5 Å². The van der Waals surface area contributed by atoms with Gasteiger partial charge in [-0.2, -0.15) is 0 Å². The molecule has 8 aromatic carbocycles. The minimum atomic E-state index is -0.455. The van der Waals surface area contributed by atoms with E-state index in [1.165, 1.54) is 75.7 Å². The first-order valence-corrected chi connectivity index (χ1v) is 17.7. The molecule has 0 bridgehead atoms. The van der Waals surface area contributed by atoms with Crippen molar-refractivity contribution in [1.82, 2.24) is 0 Å². The van der Waals surface area contributed by atoms with Crippen molar-refractivity contribution >= 4 is 59.3 Å². The highest BCUT2D eigenvalue weighted by Crippen LogP contribution is 2.58. The molecule has 1 aliphatic carbocycles. The minimum Gasteiger partial charge on any atom is -0.308 e. The van der Waals surface area contributed by atoms with Crippen molar-refractivity contribution < 1.29 is 0 Å². The van der Waals surface area contributed by atoms with Crippen molar-refractivity contribution in [2.24, 2.45) is 0 Å². The summed E-state index contributed by atoms with van der Waals surface area (Å²) in [5.41, 5.74) is 11.0. The summed E-state index contributed by atoms with van der Waals surface area (Å²) in [6, 6.07) is 69.1. The highest BCUT2D eigenvalue weighted by atomic mass is 32.1. The number of thiophene rings is 1. The van der Waals surface area contributed by atoms with Crippen LogP contribution in [0.1, 0.15) is 22.3 Å². The second-order valence-corrected chi connectivity index (χ2v) is 13.8. The van der Waals surface area contributed by atoms with E-state index in [9.17, 15) is 0 Å². The average molecular weight is 642 g/mol. The second kappa shape index (κ2) is 11.1. The van der Waals surface area contributed by atoms with Crippen LogP contribution in [-0.2, 0) is 5.41 Å². The van der Waals surface area contributed by atoms with E-state index in [4.69, 9.17) is 0 Å². The lowest BCUT2D eigenvalue weighted by Gasteiger charge is -2.34. The van der Waals surface area contributed by atoms with E-state index in [0.29, 0.717) is 0 Å². The Balaban J connectivity index is 1.31. The molecule has 1 heterocycles. The van der Waals surface area contributed by atoms with Crippen LogP contribution in [0.2, 0.25) is 0 Å². The molecule has 1 aromatic heterocycles. The van der Waals surface area contributed by atoms with Gasteiger partial charge in [-0.25, -0.2) is 0 Å². The van der Waals surface area contributed by atoms with Gasteiger partial charge in [-0.3, -0.25) is 0 Å². The lowest BCUT2D eigenvalue weighted by molar-refractivity contribution is 0.778. The van der Waals surface area contributed by atoms with Crippen molar-refractivity contribution in [3.05, 3.63) is 210 Å². The van der Waals surface area contributed by atoms with Crippen molar-refractivity contribution in [2.75, 3.05) is 4.90 Å². The Morgan fingerprint density at radius 3 is 1.63 bits per heavy atom. The van der Waals surface area contributed by atoms with E-state index in [-0.39, 0.29) is 0 Å². The number of hydrogen-bond acceptors (Lipinski definition) is 2. The van der Waals surface area contributed by atoms with Gasteiger partial charge >= 0.3 is 0 Å². The van der Waals surface area contributed by atoms with Crippen LogP contribution in [0.4, 0.5) is 17.1 Å². The summed E-state index contributed by atoms with van der Waals surface area (Å²) in [4.78, 5) is 2.45. The fraction of sp³-hybridized carbons (Fsp3) is 0.0213. The van der Waals surface area contributed by atoms with Gasteiger partial charge in [-0.05, 0) is 63.0 Å². The highest BCUT2D eigenvalue weighted by Gasteiger charge is 2.47. The number of nitrogens with zero attached hydrogens (tertiary/aromatic N) is 1. The molecule has 2 heteroatoms. The molecule has 230 valence electrons. The van der Waals surface area contributed by atoms with E-state index in [2.05, 4.69) is 193 Å². The van der Waals surface area contributed by atoms with Crippen molar-refractivity contribution in [3.8, 4) is 11.1 Å². The second-order valence-electron chi connectivity index (χ2n) is 12.8. The third-order valence-corrected chi connectivity index (χ3v) is 11.6. The molecule has 0 radical (unpaired) electrons. The first-order chi connectivity index (χ1) is 24.3. The Labute approximate surface area is 290 Å². The number of hydrogen-bond donors (Lipinski definition) is 0. The third-order valence-electron chi connectivity index (χ3n) is 10.3. The predicted molar refractivity (Wildman–Crippen MR) is 209 cm³/mol. The summed E-state index contributed by atoms with van der Waals surface area (Å²) < 4.78 is 2.61. The van der Waals surface area contributed by atoms with E-state index in [0.717, 1.165) is 5.69 Å². The Morgan fingerprint density at radius 2 is 0.878 bits per heavy atom. The van der Waals surface area contributed by atoms with Gasteiger partial charge in [0, 0.05) is 26.5 Å². The molecule has 0 unspecified atom stereocenters. The molecule has 10 rings (SSSR count). The monoisotopic (exact) mass is 641 g/mol. The lowest BCUT2D eigenvalue weighted by atomic mass is 9.67. The van der Waals surface area contributed by atoms with Crippen LogP contribution in [-0.4, -0.2) is 0 Å². The van der Waals surface area contributed by atoms with Gasteiger partial charge in [0.1, 0.15) is 0 Å². The number of benzene rings is 8. The molecule has 1 aliphatic rings. The van der Waals surface area contributed by atoms with Crippen molar-refractivity contribution in [1.29, 1.82) is 0 Å². The number of anilines is 3. The maximum absolute atomic E-state index is 2.45. The average Bonchev–Trinajstić information content (AvgIpc) is 3.71. The molecule has 0 aliphatic heterocycles. The summed E-state index contributed by atoms with van der Waals surface area (Å²) in [7, 11) is 0. The molecule has 0 fully saturated rings. The first-order valence-electron chi connectivity index (χ1n) is 16.9. The zero-order chi connectivity index (χ0) is 32.4. The molecule has 0 atom stereocenters. The minimum absolute atomic E-state index is 0.455. The first kappa shape index (κ1) is 28.1. The maximum atomic E-state index is 2.45. The maximum Gasteiger partial charge on any atom is 0.0727 e. The fourth-order valence-corrected chi connectivity index (χ4v) is 9.72. The third kappa shape index (κ3) is 4.05. The zero-order valence-corrected chi connectivity index (χ0v) is 27.6. The number of fused-ring (bicyclic) bond motifs is 7. The Kier molecular flexibility index (Phi) is 6.34. The Morgan fingerprint density at radius 1 is 0.367 bits per heavy atom. The molecule has 1 nitrogen and oxygen atoms in total. The topological polar surface area (TPSA) is 3.24 Å².